The van der Waals surface area contributed by atoms with Crippen molar-refractivity contribution in [3.05, 3.63) is 212 Å². The van der Waals surface area contributed by atoms with Gasteiger partial charge < -0.3 is 0 Å². The molecule has 0 atom stereocenters. The van der Waals surface area contributed by atoms with Gasteiger partial charge in [-0.15, -0.1) is 0 Å². The average Bonchev–Trinajstić information content (AvgIpc) is 3.66. The number of aromatic nitrogens is 3. The molecule has 0 saturated carbocycles. The molecule has 0 spiro atoms. The highest BCUT2D eigenvalue weighted by molar-refractivity contribution is 6.18. The molecule has 1 aliphatic carbocycles. The van der Waals surface area contributed by atoms with Crippen molar-refractivity contribution < 1.29 is 0 Å². The maximum absolute atomic E-state index is 5.07. The van der Waals surface area contributed by atoms with Crippen molar-refractivity contribution in [2.45, 2.75) is 0 Å². The molecule has 3 nitrogen and oxygen atoms in total. The average molecular weight is 762 g/mol. The first-order valence-corrected chi connectivity index (χ1v) is 20.4. The van der Waals surface area contributed by atoms with E-state index in [2.05, 4.69) is 182 Å². The van der Waals surface area contributed by atoms with Crippen molar-refractivity contribution in [3.8, 4) is 89.8 Å². The summed E-state index contributed by atoms with van der Waals surface area (Å²) in [6, 6.07) is 76.0. The zero-order valence-corrected chi connectivity index (χ0v) is 32.5. The van der Waals surface area contributed by atoms with Gasteiger partial charge in [-0.25, -0.2) is 15.0 Å². The summed E-state index contributed by atoms with van der Waals surface area (Å²) in [5.41, 5.74) is 15.3. The van der Waals surface area contributed by atoms with Gasteiger partial charge in [0.2, 0.25) is 0 Å². The predicted octanol–water partition coefficient (Wildman–Crippen LogP) is 15.0. The molecular formula is C57H35N3. The van der Waals surface area contributed by atoms with E-state index in [-0.39, 0.29) is 0 Å². The van der Waals surface area contributed by atoms with Crippen LogP contribution in [0.1, 0.15) is 0 Å². The smallest absolute Gasteiger partial charge is 0.164 e. The van der Waals surface area contributed by atoms with Crippen LogP contribution in [0.4, 0.5) is 0 Å². The summed E-state index contributed by atoms with van der Waals surface area (Å²) in [5.74, 6) is 1.94. The van der Waals surface area contributed by atoms with Gasteiger partial charge in [0.1, 0.15) is 0 Å². The van der Waals surface area contributed by atoms with Gasteiger partial charge in [-0.3, -0.25) is 0 Å². The first kappa shape index (κ1) is 34.1. The molecule has 0 fully saturated rings. The highest BCUT2D eigenvalue weighted by Gasteiger charge is 2.22. The molecule has 12 rings (SSSR count). The molecule has 0 N–H and O–H groups in total. The van der Waals surface area contributed by atoms with Crippen LogP contribution >= 0.6 is 0 Å². The van der Waals surface area contributed by atoms with E-state index in [1.165, 1.54) is 77.0 Å². The first-order chi connectivity index (χ1) is 29.7. The summed E-state index contributed by atoms with van der Waals surface area (Å²) < 4.78 is 0. The zero-order chi connectivity index (χ0) is 39.6. The maximum atomic E-state index is 5.07. The van der Waals surface area contributed by atoms with Crippen LogP contribution < -0.4 is 0 Å². The summed E-state index contributed by atoms with van der Waals surface area (Å²) in [7, 11) is 0. The normalized spacial score (nSPS) is 11.7. The molecule has 1 heterocycles. The Kier molecular flexibility index (Phi) is 7.85. The Balaban J connectivity index is 0.937. The van der Waals surface area contributed by atoms with Crippen LogP contribution in [-0.2, 0) is 0 Å². The van der Waals surface area contributed by atoms with Crippen LogP contribution in [0.5, 0.6) is 0 Å². The molecule has 0 unspecified atom stereocenters. The van der Waals surface area contributed by atoms with Crippen molar-refractivity contribution in [1.82, 2.24) is 15.0 Å². The maximum Gasteiger partial charge on any atom is 0.164 e. The molecule has 0 bridgehead atoms. The van der Waals surface area contributed by atoms with Crippen LogP contribution in [0.2, 0.25) is 0 Å². The SMILES string of the molecule is c1ccc(-c2nc(-c3ccc(-c4ccc5ccccc5c4-c4ccc(-c5ccc6c7c(cccc57)-c5ccccc5-6)cc4)cc3)nc(-c3ccc4ccccc4c3)n2)cc1. The van der Waals surface area contributed by atoms with Gasteiger partial charge in [-0.2, -0.15) is 0 Å². The van der Waals surface area contributed by atoms with Crippen LogP contribution in [-0.4, -0.2) is 15.0 Å². The lowest BCUT2D eigenvalue weighted by Gasteiger charge is -2.16. The Morgan fingerprint density at radius 3 is 1.45 bits per heavy atom. The van der Waals surface area contributed by atoms with E-state index in [4.69, 9.17) is 15.0 Å². The molecule has 1 aliphatic rings. The Labute approximate surface area is 348 Å². The molecule has 60 heavy (non-hydrogen) atoms. The van der Waals surface area contributed by atoms with E-state index in [1.807, 2.05) is 30.3 Å². The lowest BCUT2D eigenvalue weighted by atomic mass is 9.88. The second kappa shape index (κ2) is 13.8. The first-order valence-electron chi connectivity index (χ1n) is 20.4. The summed E-state index contributed by atoms with van der Waals surface area (Å²) >= 11 is 0. The molecule has 0 saturated heterocycles. The summed E-state index contributed by atoms with van der Waals surface area (Å²) in [4.78, 5) is 15.1. The summed E-state index contributed by atoms with van der Waals surface area (Å²) in [6.07, 6.45) is 0. The lowest BCUT2D eigenvalue weighted by Crippen LogP contribution is -2.00. The summed E-state index contributed by atoms with van der Waals surface area (Å²) in [5, 5.41) is 7.40. The zero-order valence-electron chi connectivity index (χ0n) is 32.5. The molecule has 0 radical (unpaired) electrons. The lowest BCUT2D eigenvalue weighted by molar-refractivity contribution is 1.07. The quantitative estimate of drug-likeness (QED) is 0.169. The van der Waals surface area contributed by atoms with Crippen molar-refractivity contribution >= 4 is 32.3 Å². The third-order valence-corrected chi connectivity index (χ3v) is 12.1. The van der Waals surface area contributed by atoms with Crippen LogP contribution in [0, 0.1) is 0 Å². The number of benzene rings is 10. The van der Waals surface area contributed by atoms with Crippen LogP contribution in [0.25, 0.3) is 122 Å². The Bertz CT molecular complexity index is 3430. The second-order valence-electron chi connectivity index (χ2n) is 15.5. The fourth-order valence-corrected chi connectivity index (χ4v) is 9.18. The Morgan fingerprint density at radius 1 is 0.233 bits per heavy atom. The van der Waals surface area contributed by atoms with Gasteiger partial charge >= 0.3 is 0 Å². The number of nitrogens with zero attached hydrogens (tertiary/aromatic N) is 3. The topological polar surface area (TPSA) is 38.7 Å². The fourth-order valence-electron chi connectivity index (χ4n) is 9.18. The molecule has 3 heteroatoms. The highest BCUT2D eigenvalue weighted by atomic mass is 15.0. The van der Waals surface area contributed by atoms with E-state index in [9.17, 15) is 0 Å². The van der Waals surface area contributed by atoms with Gasteiger partial charge in [-0.05, 0) is 94.0 Å². The minimum atomic E-state index is 0.639. The summed E-state index contributed by atoms with van der Waals surface area (Å²) in [6.45, 7) is 0. The van der Waals surface area contributed by atoms with Crippen molar-refractivity contribution in [1.29, 1.82) is 0 Å². The highest BCUT2D eigenvalue weighted by Crippen LogP contribution is 2.49. The molecule has 0 amide bonds. The van der Waals surface area contributed by atoms with Crippen LogP contribution in [0.3, 0.4) is 0 Å². The van der Waals surface area contributed by atoms with Crippen molar-refractivity contribution in [2.75, 3.05) is 0 Å². The van der Waals surface area contributed by atoms with E-state index in [1.54, 1.807) is 0 Å². The largest absolute Gasteiger partial charge is 0.208 e. The third kappa shape index (κ3) is 5.63. The molecule has 278 valence electrons. The number of fused-ring (bicyclic) bond motifs is 5. The Hall–Kier alpha value is -8.01. The molecule has 10 aromatic carbocycles. The minimum absolute atomic E-state index is 0.639. The third-order valence-electron chi connectivity index (χ3n) is 12.1. The predicted molar refractivity (Wildman–Crippen MR) is 249 cm³/mol. The molecular weight excluding hydrogens is 727 g/mol. The van der Waals surface area contributed by atoms with Gasteiger partial charge in [0.15, 0.2) is 17.5 Å². The number of rotatable bonds is 6. The second-order valence-corrected chi connectivity index (χ2v) is 15.5. The Morgan fingerprint density at radius 2 is 0.700 bits per heavy atom. The molecule has 0 aliphatic heterocycles. The fraction of sp³-hybridized carbons (Fsp3) is 0. The van der Waals surface area contributed by atoms with E-state index < -0.39 is 0 Å². The van der Waals surface area contributed by atoms with Gasteiger partial charge in [0.25, 0.3) is 0 Å². The number of hydrogen-bond donors (Lipinski definition) is 0. The van der Waals surface area contributed by atoms with Gasteiger partial charge in [0.05, 0.1) is 0 Å². The van der Waals surface area contributed by atoms with Crippen molar-refractivity contribution in [3.63, 3.8) is 0 Å². The molecule has 1 aromatic heterocycles. The number of hydrogen-bond acceptors (Lipinski definition) is 3. The monoisotopic (exact) mass is 761 g/mol. The van der Waals surface area contributed by atoms with Crippen molar-refractivity contribution in [2.24, 2.45) is 0 Å². The standard InChI is InChI=1S/C57H35N3/c1-2-13-41(14-3-1)55-58-56(60-57(59-55)44-30-21-36-11-4-5-15-43(36)35-44)42-28-24-39(25-29-42)47-32-31-37-12-6-7-16-46(37)53(47)40-26-22-38(23-27-40)45-33-34-52-49-18-9-8-17-48(49)51-20-10-19-50(45)54(51)52/h1-35H. The molecule has 11 aromatic rings. The van der Waals surface area contributed by atoms with Gasteiger partial charge in [0, 0.05) is 16.7 Å². The van der Waals surface area contributed by atoms with Crippen LogP contribution in [0.15, 0.2) is 212 Å². The van der Waals surface area contributed by atoms with E-state index in [0.717, 1.165) is 27.6 Å². The minimum Gasteiger partial charge on any atom is -0.208 e. The van der Waals surface area contributed by atoms with E-state index in [0.29, 0.717) is 17.5 Å². The van der Waals surface area contributed by atoms with Gasteiger partial charge in [-0.1, -0.05) is 206 Å². The van der Waals surface area contributed by atoms with E-state index >= 15 is 0 Å².